The molecule has 7 heteroatoms. The number of esters is 2. The molecule has 23 heavy (non-hydrogen) atoms. The molecule has 0 saturated carbocycles. The summed E-state index contributed by atoms with van der Waals surface area (Å²) in [6.45, 7) is 10.9. The molecule has 2 heterocycles. The summed E-state index contributed by atoms with van der Waals surface area (Å²) < 4.78 is 27.1. The molecule has 0 radical (unpaired) electrons. The molecule has 0 atom stereocenters. The maximum atomic E-state index is 12.4. The van der Waals surface area contributed by atoms with Gasteiger partial charge in [0, 0.05) is 0 Å². The minimum Gasteiger partial charge on any atom is -0.392 e. The standard InChI is InChI=1S/C16H26O7/c1-13(2)19-7-15(5,8-20-13)11(17)23-12(18)16(6)9-21-14(3,4)22-10-16/h7-10H2,1-6H3. The van der Waals surface area contributed by atoms with Crippen LogP contribution in [0.4, 0.5) is 0 Å². The monoisotopic (exact) mass is 330 g/mol. The summed E-state index contributed by atoms with van der Waals surface area (Å²) in [7, 11) is 0. The first-order valence-electron chi connectivity index (χ1n) is 7.70. The van der Waals surface area contributed by atoms with E-state index in [1.165, 1.54) is 0 Å². The highest BCUT2D eigenvalue weighted by atomic mass is 16.7. The van der Waals surface area contributed by atoms with Crippen LogP contribution >= 0.6 is 0 Å². The van der Waals surface area contributed by atoms with Crippen molar-refractivity contribution in [2.24, 2.45) is 10.8 Å². The number of carbonyl (C=O) groups excluding carboxylic acids is 2. The van der Waals surface area contributed by atoms with Gasteiger partial charge in [-0.3, -0.25) is 9.59 Å². The quantitative estimate of drug-likeness (QED) is 0.562. The fraction of sp³-hybridized carbons (Fsp3) is 0.875. The minimum absolute atomic E-state index is 0.128. The molecule has 7 nitrogen and oxygen atoms in total. The second-order valence-corrected chi connectivity index (χ2v) is 7.75. The van der Waals surface area contributed by atoms with Crippen molar-refractivity contribution in [2.75, 3.05) is 26.4 Å². The van der Waals surface area contributed by atoms with Crippen molar-refractivity contribution in [2.45, 2.75) is 53.1 Å². The molecule has 0 aromatic rings. The molecule has 2 saturated heterocycles. The predicted molar refractivity (Wildman–Crippen MR) is 79.3 cm³/mol. The second kappa shape index (κ2) is 5.81. The molecule has 0 spiro atoms. The summed E-state index contributed by atoms with van der Waals surface area (Å²) in [6, 6.07) is 0. The largest absolute Gasteiger partial charge is 0.392 e. The average Bonchev–Trinajstić information content (AvgIpc) is 2.46. The van der Waals surface area contributed by atoms with Crippen LogP contribution in [0.25, 0.3) is 0 Å². The van der Waals surface area contributed by atoms with E-state index in [0.29, 0.717) is 0 Å². The number of ether oxygens (including phenoxy) is 5. The van der Waals surface area contributed by atoms with E-state index in [-0.39, 0.29) is 26.4 Å². The van der Waals surface area contributed by atoms with E-state index in [9.17, 15) is 9.59 Å². The Balaban J connectivity index is 1.96. The Kier molecular flexibility index (Phi) is 4.62. The third kappa shape index (κ3) is 4.09. The van der Waals surface area contributed by atoms with Crippen molar-refractivity contribution in [3.05, 3.63) is 0 Å². The summed E-state index contributed by atoms with van der Waals surface area (Å²) >= 11 is 0. The van der Waals surface area contributed by atoms with Crippen LogP contribution in [0.15, 0.2) is 0 Å². The summed E-state index contributed by atoms with van der Waals surface area (Å²) in [4.78, 5) is 24.7. The Morgan fingerprint density at radius 1 is 0.652 bits per heavy atom. The van der Waals surface area contributed by atoms with Crippen molar-refractivity contribution in [3.8, 4) is 0 Å². The molecule has 0 N–H and O–H groups in total. The van der Waals surface area contributed by atoms with Gasteiger partial charge in [0.15, 0.2) is 11.6 Å². The van der Waals surface area contributed by atoms with Gasteiger partial charge in [0.1, 0.15) is 10.8 Å². The average molecular weight is 330 g/mol. The van der Waals surface area contributed by atoms with Crippen LogP contribution in [0.2, 0.25) is 0 Å². The van der Waals surface area contributed by atoms with E-state index in [2.05, 4.69) is 0 Å². The normalized spacial score (nSPS) is 27.9. The van der Waals surface area contributed by atoms with Crippen molar-refractivity contribution in [3.63, 3.8) is 0 Å². The Bertz CT molecular complexity index is 431. The van der Waals surface area contributed by atoms with Gasteiger partial charge in [-0.2, -0.15) is 0 Å². The van der Waals surface area contributed by atoms with Crippen molar-refractivity contribution in [1.82, 2.24) is 0 Å². The van der Waals surface area contributed by atoms with Gasteiger partial charge in [-0.1, -0.05) is 0 Å². The zero-order valence-electron chi connectivity index (χ0n) is 14.7. The van der Waals surface area contributed by atoms with Crippen LogP contribution in [0, 0.1) is 10.8 Å². The predicted octanol–water partition coefficient (Wildman–Crippen LogP) is 1.63. The van der Waals surface area contributed by atoms with Crippen molar-refractivity contribution >= 4 is 11.9 Å². The van der Waals surface area contributed by atoms with E-state index >= 15 is 0 Å². The number of carbonyl (C=O) groups is 2. The lowest BCUT2D eigenvalue weighted by molar-refractivity contribution is -0.286. The molecular weight excluding hydrogens is 304 g/mol. The highest BCUT2D eigenvalue weighted by molar-refractivity contribution is 5.91. The van der Waals surface area contributed by atoms with E-state index in [4.69, 9.17) is 23.7 Å². The molecule has 0 bridgehead atoms. The lowest BCUT2D eigenvalue weighted by atomic mass is 9.90. The van der Waals surface area contributed by atoms with Gasteiger partial charge in [0.25, 0.3) is 0 Å². The summed E-state index contributed by atoms with van der Waals surface area (Å²) in [5, 5.41) is 0. The third-order valence-electron chi connectivity index (χ3n) is 4.12. The first-order chi connectivity index (χ1) is 10.4. The van der Waals surface area contributed by atoms with Crippen LogP contribution in [-0.2, 0) is 33.3 Å². The van der Waals surface area contributed by atoms with E-state index in [0.717, 1.165) is 0 Å². The molecule has 0 aromatic carbocycles. The van der Waals surface area contributed by atoms with E-state index < -0.39 is 34.3 Å². The van der Waals surface area contributed by atoms with Crippen LogP contribution in [0.1, 0.15) is 41.5 Å². The van der Waals surface area contributed by atoms with Gasteiger partial charge in [-0.15, -0.1) is 0 Å². The molecule has 2 fully saturated rings. The molecule has 0 aliphatic carbocycles. The Labute approximate surface area is 136 Å². The van der Waals surface area contributed by atoms with E-state index in [1.807, 2.05) is 0 Å². The number of rotatable bonds is 2. The SMILES string of the molecule is CC1(C)OCC(C)(C(=O)OC(=O)C2(C)COC(C)(C)OC2)CO1. The van der Waals surface area contributed by atoms with Crippen LogP contribution in [0.5, 0.6) is 0 Å². The smallest absolute Gasteiger partial charge is 0.324 e. The molecule has 0 amide bonds. The maximum absolute atomic E-state index is 12.4. The topological polar surface area (TPSA) is 80.3 Å². The molecule has 0 unspecified atom stereocenters. The highest BCUT2D eigenvalue weighted by Crippen LogP contribution is 2.34. The Hall–Kier alpha value is -1.02. The molecule has 132 valence electrons. The summed E-state index contributed by atoms with van der Waals surface area (Å²) in [5.74, 6) is -2.81. The minimum atomic E-state index is -1.02. The molecule has 2 aliphatic rings. The van der Waals surface area contributed by atoms with Crippen LogP contribution < -0.4 is 0 Å². The van der Waals surface area contributed by atoms with Gasteiger partial charge in [0.05, 0.1) is 26.4 Å². The number of hydrogen-bond donors (Lipinski definition) is 0. The van der Waals surface area contributed by atoms with Crippen molar-refractivity contribution < 1.29 is 33.3 Å². The second-order valence-electron chi connectivity index (χ2n) is 7.75. The molecule has 0 aromatic heterocycles. The number of hydrogen-bond acceptors (Lipinski definition) is 7. The molecular formula is C16H26O7. The lowest BCUT2D eigenvalue weighted by Crippen LogP contribution is -2.53. The highest BCUT2D eigenvalue weighted by Gasteiger charge is 2.48. The Morgan fingerprint density at radius 3 is 1.17 bits per heavy atom. The maximum Gasteiger partial charge on any atom is 0.324 e. The first kappa shape index (κ1) is 18.3. The van der Waals surface area contributed by atoms with E-state index in [1.54, 1.807) is 41.5 Å². The summed E-state index contributed by atoms with van der Waals surface area (Å²) in [6.07, 6.45) is 0. The van der Waals surface area contributed by atoms with Crippen molar-refractivity contribution in [1.29, 1.82) is 0 Å². The van der Waals surface area contributed by atoms with Gasteiger partial charge < -0.3 is 23.7 Å². The van der Waals surface area contributed by atoms with Gasteiger partial charge in [0.2, 0.25) is 0 Å². The van der Waals surface area contributed by atoms with Crippen LogP contribution in [0.3, 0.4) is 0 Å². The van der Waals surface area contributed by atoms with Gasteiger partial charge in [-0.25, -0.2) is 0 Å². The van der Waals surface area contributed by atoms with Crippen LogP contribution in [-0.4, -0.2) is 49.9 Å². The Morgan fingerprint density at radius 2 is 0.913 bits per heavy atom. The fourth-order valence-corrected chi connectivity index (χ4v) is 2.07. The molecule has 2 rings (SSSR count). The van der Waals surface area contributed by atoms with Gasteiger partial charge in [-0.05, 0) is 41.5 Å². The summed E-state index contributed by atoms with van der Waals surface area (Å²) in [5.41, 5.74) is -2.03. The zero-order valence-corrected chi connectivity index (χ0v) is 14.7. The first-order valence-corrected chi connectivity index (χ1v) is 7.70. The molecule has 2 aliphatic heterocycles. The fourth-order valence-electron chi connectivity index (χ4n) is 2.07. The lowest BCUT2D eigenvalue weighted by Gasteiger charge is -2.41. The zero-order chi connectivity index (χ0) is 17.5. The van der Waals surface area contributed by atoms with Gasteiger partial charge >= 0.3 is 11.9 Å². The third-order valence-corrected chi connectivity index (χ3v) is 4.12.